The summed E-state index contributed by atoms with van der Waals surface area (Å²) in [6, 6.07) is 21.3. The van der Waals surface area contributed by atoms with Crippen LogP contribution in [0.25, 0.3) is 22.7 Å². The molecule has 4 heteroatoms. The number of rotatable bonds is 3. The number of hydrogen-bond acceptors (Lipinski definition) is 2. The number of aryl methyl sites for hydroxylation is 1. The number of aromatic nitrogens is 2. The summed E-state index contributed by atoms with van der Waals surface area (Å²) in [6.07, 6.45) is 9.59. The highest BCUT2D eigenvalue weighted by molar-refractivity contribution is 6.01. The van der Waals surface area contributed by atoms with E-state index in [4.69, 9.17) is 0 Å². The quantitative estimate of drug-likeness (QED) is 0.300. The lowest BCUT2D eigenvalue weighted by Crippen LogP contribution is -2.41. The topological polar surface area (TPSA) is 34.9 Å². The second kappa shape index (κ2) is 8.60. The van der Waals surface area contributed by atoms with Crippen LogP contribution in [0.5, 0.6) is 0 Å². The first kappa shape index (κ1) is 22.0. The van der Waals surface area contributed by atoms with E-state index in [0.29, 0.717) is 18.1 Å². The van der Waals surface area contributed by atoms with E-state index in [1.807, 2.05) is 29.1 Å². The summed E-state index contributed by atoms with van der Waals surface area (Å²) in [6.45, 7) is 2.28. The van der Waals surface area contributed by atoms with Crippen LogP contribution in [0.1, 0.15) is 55.7 Å². The van der Waals surface area contributed by atoms with E-state index in [1.165, 1.54) is 23.3 Å². The first-order valence-electron chi connectivity index (χ1n) is 12.6. The Morgan fingerprint density at radius 2 is 1.91 bits per heavy atom. The Kier molecular flexibility index (Phi) is 5.40. The van der Waals surface area contributed by atoms with Crippen LogP contribution >= 0.6 is 0 Å². The zero-order chi connectivity index (χ0) is 24.0. The summed E-state index contributed by atoms with van der Waals surface area (Å²) >= 11 is 0. The maximum Gasteiger partial charge on any atom is 0.159 e. The van der Waals surface area contributed by atoms with Crippen molar-refractivity contribution in [2.24, 2.45) is 5.92 Å². The average molecular weight is 465 g/mol. The molecule has 1 fully saturated rings. The van der Waals surface area contributed by atoms with Gasteiger partial charge in [0.05, 0.1) is 17.4 Å². The van der Waals surface area contributed by atoms with Gasteiger partial charge in [0.2, 0.25) is 0 Å². The number of Topliss-reactive ketones (excluding diaryl/α,β-unsaturated/α-hetero) is 1. The minimum atomic E-state index is -0.249. The first-order chi connectivity index (χ1) is 17.1. The number of carbonyl (C=O) groups is 1. The van der Waals surface area contributed by atoms with Crippen molar-refractivity contribution in [2.45, 2.75) is 50.9 Å². The zero-order valence-corrected chi connectivity index (χ0v) is 20.0. The third kappa shape index (κ3) is 3.72. The van der Waals surface area contributed by atoms with Crippen molar-refractivity contribution in [1.29, 1.82) is 0 Å². The molecule has 0 radical (unpaired) electrons. The Morgan fingerprint density at radius 3 is 2.69 bits per heavy atom. The average Bonchev–Trinajstić information content (AvgIpc) is 3.22. The van der Waals surface area contributed by atoms with Gasteiger partial charge in [-0.05, 0) is 103 Å². The molecule has 0 unspecified atom stereocenters. The van der Waals surface area contributed by atoms with Gasteiger partial charge in [0, 0.05) is 17.2 Å². The molecule has 4 aromatic rings. The Hall–Kier alpha value is -3.53. The summed E-state index contributed by atoms with van der Waals surface area (Å²) in [5, 5.41) is 5.74. The lowest BCUT2D eigenvalue weighted by Gasteiger charge is -2.44. The molecule has 0 aliphatic heterocycles. The molecule has 1 aromatic heterocycles. The van der Waals surface area contributed by atoms with Crippen molar-refractivity contribution >= 4 is 22.8 Å². The molecule has 1 heterocycles. The third-order valence-electron chi connectivity index (χ3n) is 8.25. The number of fused-ring (bicyclic) bond motifs is 4. The smallest absolute Gasteiger partial charge is 0.159 e. The summed E-state index contributed by atoms with van der Waals surface area (Å²) < 4.78 is 15.4. The lowest BCUT2D eigenvalue weighted by molar-refractivity contribution is -0.118. The molecular weight excluding hydrogens is 435 g/mol. The molecule has 2 atom stereocenters. The van der Waals surface area contributed by atoms with Gasteiger partial charge in [-0.15, -0.1) is 0 Å². The van der Waals surface area contributed by atoms with Crippen molar-refractivity contribution in [3.8, 4) is 5.69 Å². The molecule has 2 aliphatic carbocycles. The van der Waals surface area contributed by atoms with Crippen LogP contribution in [0, 0.1) is 11.7 Å². The molecule has 176 valence electrons. The number of allylic oxidation sites excluding steroid dienone is 1. The number of hydrogen-bond donors (Lipinski definition) is 0. The van der Waals surface area contributed by atoms with Gasteiger partial charge in [-0.2, -0.15) is 5.10 Å². The molecule has 0 spiro atoms. The van der Waals surface area contributed by atoms with Gasteiger partial charge in [0.25, 0.3) is 0 Å². The Bertz CT molecular complexity index is 1430. The van der Waals surface area contributed by atoms with Crippen LogP contribution in [0.15, 0.2) is 78.5 Å². The normalized spacial score (nSPS) is 23.2. The fourth-order valence-corrected chi connectivity index (χ4v) is 6.43. The van der Waals surface area contributed by atoms with Gasteiger partial charge in [-0.1, -0.05) is 37.3 Å². The predicted octanol–water partition coefficient (Wildman–Crippen LogP) is 7.21. The molecule has 0 amide bonds. The standard InChI is InChI=1S/C31H29FN2O/c1-2-31-19-23(15-21-7-4-3-5-8-21)30(35)18-25(31)10-6-9-22-17-29-24(16-28(22)31)20-33-34(29)27-13-11-26(32)12-14-27/h3-5,7-8,11-17,20,25H,2,6,9-10,18-19H2,1H3/t25-,31-/m0/s1. The summed E-state index contributed by atoms with van der Waals surface area (Å²) in [4.78, 5) is 13.2. The van der Waals surface area contributed by atoms with Crippen LogP contribution in [0.3, 0.4) is 0 Å². The van der Waals surface area contributed by atoms with Crippen molar-refractivity contribution in [3.05, 3.63) is 101 Å². The highest BCUT2D eigenvalue weighted by Crippen LogP contribution is 2.52. The monoisotopic (exact) mass is 464 g/mol. The Morgan fingerprint density at radius 1 is 1.11 bits per heavy atom. The molecule has 3 aromatic carbocycles. The molecule has 2 aliphatic rings. The van der Waals surface area contributed by atoms with Gasteiger partial charge >= 0.3 is 0 Å². The maximum absolute atomic E-state index is 13.5. The van der Waals surface area contributed by atoms with Gasteiger partial charge in [-0.3, -0.25) is 4.79 Å². The van der Waals surface area contributed by atoms with E-state index in [1.54, 1.807) is 12.1 Å². The molecule has 6 rings (SSSR count). The van der Waals surface area contributed by atoms with Crippen LogP contribution in [-0.2, 0) is 16.6 Å². The van der Waals surface area contributed by atoms with Crippen molar-refractivity contribution in [1.82, 2.24) is 9.78 Å². The summed E-state index contributed by atoms with van der Waals surface area (Å²) in [5.41, 5.74) is 6.64. The van der Waals surface area contributed by atoms with Gasteiger partial charge in [0.15, 0.2) is 5.78 Å². The van der Waals surface area contributed by atoms with Gasteiger partial charge < -0.3 is 0 Å². The van der Waals surface area contributed by atoms with E-state index in [0.717, 1.165) is 59.8 Å². The second-order valence-corrected chi connectivity index (χ2v) is 10.1. The van der Waals surface area contributed by atoms with Crippen LogP contribution in [-0.4, -0.2) is 15.6 Å². The van der Waals surface area contributed by atoms with E-state index in [9.17, 15) is 9.18 Å². The van der Waals surface area contributed by atoms with Crippen LogP contribution in [0.4, 0.5) is 4.39 Å². The largest absolute Gasteiger partial charge is 0.295 e. The first-order valence-corrected chi connectivity index (χ1v) is 12.6. The number of halogens is 1. The third-order valence-corrected chi connectivity index (χ3v) is 8.25. The van der Waals surface area contributed by atoms with Crippen molar-refractivity contribution < 1.29 is 9.18 Å². The second-order valence-electron chi connectivity index (χ2n) is 10.1. The summed E-state index contributed by atoms with van der Waals surface area (Å²) in [7, 11) is 0. The SMILES string of the molecule is CC[C@]12CC(=Cc3ccccc3)C(=O)C[C@@H]1CCCc1cc3c(cnn3-c3ccc(F)cc3)cc12. The zero-order valence-electron chi connectivity index (χ0n) is 20.0. The Balaban J connectivity index is 1.48. The molecule has 35 heavy (non-hydrogen) atoms. The fourth-order valence-electron chi connectivity index (χ4n) is 6.43. The van der Waals surface area contributed by atoms with Crippen molar-refractivity contribution in [2.75, 3.05) is 0 Å². The van der Waals surface area contributed by atoms with E-state index >= 15 is 0 Å². The van der Waals surface area contributed by atoms with Gasteiger partial charge in [0.1, 0.15) is 5.82 Å². The number of nitrogens with zero attached hydrogens (tertiary/aromatic N) is 2. The van der Waals surface area contributed by atoms with E-state index < -0.39 is 0 Å². The summed E-state index contributed by atoms with van der Waals surface area (Å²) in [5.74, 6) is 0.413. The molecule has 0 N–H and O–H groups in total. The van der Waals surface area contributed by atoms with E-state index in [2.05, 4.69) is 42.4 Å². The molecule has 0 saturated heterocycles. The van der Waals surface area contributed by atoms with E-state index in [-0.39, 0.29) is 11.2 Å². The number of carbonyl (C=O) groups excluding carboxylic acids is 1. The molecule has 3 nitrogen and oxygen atoms in total. The van der Waals surface area contributed by atoms with Crippen LogP contribution in [0.2, 0.25) is 0 Å². The highest BCUT2D eigenvalue weighted by atomic mass is 19.1. The highest BCUT2D eigenvalue weighted by Gasteiger charge is 2.47. The minimum absolute atomic E-state index is 0.0491. The Labute approximate surface area is 205 Å². The van der Waals surface area contributed by atoms with Crippen LogP contribution < -0.4 is 0 Å². The van der Waals surface area contributed by atoms with Gasteiger partial charge in [-0.25, -0.2) is 9.07 Å². The number of ketones is 1. The molecule has 0 bridgehead atoms. The molecule has 1 saturated carbocycles. The predicted molar refractivity (Wildman–Crippen MR) is 138 cm³/mol. The molecular formula is C31H29FN2O. The maximum atomic E-state index is 13.5. The van der Waals surface area contributed by atoms with Crippen molar-refractivity contribution in [3.63, 3.8) is 0 Å². The lowest BCUT2D eigenvalue weighted by atomic mass is 9.58. The number of benzene rings is 3. The minimum Gasteiger partial charge on any atom is -0.295 e. The fraction of sp³-hybridized carbons (Fsp3) is 0.290.